The van der Waals surface area contributed by atoms with E-state index in [1.807, 2.05) is 5.38 Å². The molecule has 0 radical (unpaired) electrons. The minimum Gasteiger partial charge on any atom is -0.356 e. The van der Waals surface area contributed by atoms with E-state index in [-0.39, 0.29) is 30.5 Å². The Bertz CT molecular complexity index is 712. The van der Waals surface area contributed by atoms with E-state index in [2.05, 4.69) is 39.4 Å². The Morgan fingerprint density at radius 3 is 2.46 bits per heavy atom. The first-order valence-electron chi connectivity index (χ1n) is 7.70. The molecular formula is C15H21F3IN5S2. The molecule has 26 heavy (non-hydrogen) atoms. The van der Waals surface area contributed by atoms with E-state index in [4.69, 9.17) is 0 Å². The summed E-state index contributed by atoms with van der Waals surface area (Å²) in [6.07, 6.45) is -3.66. The average Bonchev–Trinajstić information content (AvgIpc) is 3.19. The molecule has 2 N–H and O–H groups in total. The molecule has 0 amide bonds. The number of halogens is 4. The van der Waals surface area contributed by atoms with E-state index in [0.29, 0.717) is 23.4 Å². The number of alkyl halides is 3. The highest BCUT2D eigenvalue weighted by Crippen LogP contribution is 2.29. The molecule has 146 valence electrons. The van der Waals surface area contributed by atoms with Gasteiger partial charge in [-0.3, -0.25) is 4.99 Å². The summed E-state index contributed by atoms with van der Waals surface area (Å²) in [4.78, 5) is 12.2. The molecule has 0 spiro atoms. The smallest absolute Gasteiger partial charge is 0.356 e. The molecule has 2 aromatic heterocycles. The molecule has 0 atom stereocenters. The number of nitrogens with one attached hydrogen (secondary N) is 2. The van der Waals surface area contributed by atoms with Crippen LogP contribution in [0.1, 0.15) is 41.2 Å². The Morgan fingerprint density at radius 1 is 1.19 bits per heavy atom. The van der Waals surface area contributed by atoms with Crippen molar-refractivity contribution in [2.45, 2.75) is 38.9 Å². The van der Waals surface area contributed by atoms with Crippen LogP contribution in [0.15, 0.2) is 15.8 Å². The maximum Gasteiger partial charge on any atom is 0.434 e. The molecule has 2 aromatic rings. The molecule has 0 unspecified atom stereocenters. The van der Waals surface area contributed by atoms with Crippen molar-refractivity contribution in [1.82, 2.24) is 20.6 Å². The Kier molecular flexibility index (Phi) is 9.24. The summed E-state index contributed by atoms with van der Waals surface area (Å²) in [7, 11) is 1.61. The fourth-order valence-corrected chi connectivity index (χ4v) is 3.52. The summed E-state index contributed by atoms with van der Waals surface area (Å²) in [5.74, 6) is 0.934. The highest BCUT2D eigenvalue weighted by atomic mass is 127. The van der Waals surface area contributed by atoms with E-state index < -0.39 is 11.9 Å². The molecule has 0 bridgehead atoms. The molecule has 2 rings (SSSR count). The normalized spacial score (nSPS) is 12.2. The first-order chi connectivity index (χ1) is 11.8. The third-order valence-electron chi connectivity index (χ3n) is 3.21. The quantitative estimate of drug-likeness (QED) is 0.340. The lowest BCUT2D eigenvalue weighted by atomic mass is 10.2. The van der Waals surface area contributed by atoms with Crippen LogP contribution in [-0.4, -0.2) is 29.5 Å². The molecule has 0 aliphatic carbocycles. The monoisotopic (exact) mass is 519 g/mol. The molecular weight excluding hydrogens is 498 g/mol. The molecule has 0 fully saturated rings. The van der Waals surface area contributed by atoms with Gasteiger partial charge in [-0.1, -0.05) is 13.8 Å². The topological polar surface area (TPSA) is 62.2 Å². The van der Waals surface area contributed by atoms with Crippen LogP contribution in [0.3, 0.4) is 0 Å². The molecule has 11 heteroatoms. The maximum absolute atomic E-state index is 12.5. The van der Waals surface area contributed by atoms with Crippen LogP contribution in [-0.2, 0) is 19.1 Å². The van der Waals surface area contributed by atoms with Crippen LogP contribution in [0.4, 0.5) is 13.2 Å². The lowest BCUT2D eigenvalue weighted by molar-refractivity contribution is -0.140. The Morgan fingerprint density at radius 2 is 1.92 bits per heavy atom. The van der Waals surface area contributed by atoms with Gasteiger partial charge in [0.2, 0.25) is 0 Å². The summed E-state index contributed by atoms with van der Waals surface area (Å²) in [5, 5.41) is 10.6. The molecule has 0 aliphatic heterocycles. The lowest BCUT2D eigenvalue weighted by Gasteiger charge is -2.10. The third-order valence-corrected chi connectivity index (χ3v) is 5.25. The highest BCUT2D eigenvalue weighted by Gasteiger charge is 2.33. The second-order valence-electron chi connectivity index (χ2n) is 5.56. The van der Waals surface area contributed by atoms with Gasteiger partial charge in [0, 0.05) is 36.7 Å². The standard InChI is InChI=1S/C15H20F3N5S2.HI/c1-9(2)13-22-10(7-25-13)4-5-20-14(19-3)21-6-12-23-11(8-24-12)15(16,17)18;/h7-9H,4-6H2,1-3H3,(H2,19,20,21);1H. The van der Waals surface area contributed by atoms with Crippen LogP contribution < -0.4 is 10.6 Å². The van der Waals surface area contributed by atoms with E-state index in [9.17, 15) is 13.2 Å². The minimum atomic E-state index is -4.41. The van der Waals surface area contributed by atoms with Gasteiger partial charge >= 0.3 is 6.18 Å². The molecule has 0 saturated carbocycles. The summed E-state index contributed by atoms with van der Waals surface area (Å²) in [6, 6.07) is 0. The predicted octanol–water partition coefficient (Wildman–Crippen LogP) is 4.27. The number of aromatic nitrogens is 2. The van der Waals surface area contributed by atoms with Crippen LogP contribution in [0, 0.1) is 0 Å². The fraction of sp³-hybridized carbons (Fsp3) is 0.533. The van der Waals surface area contributed by atoms with Crippen LogP contribution in [0.5, 0.6) is 0 Å². The molecule has 0 saturated heterocycles. The van der Waals surface area contributed by atoms with E-state index in [1.165, 1.54) is 0 Å². The van der Waals surface area contributed by atoms with Gasteiger partial charge in [-0.2, -0.15) is 13.2 Å². The Balaban J connectivity index is 0.00000338. The molecule has 0 aliphatic rings. The van der Waals surface area contributed by atoms with Crippen molar-refractivity contribution in [3.63, 3.8) is 0 Å². The number of nitrogens with zero attached hydrogens (tertiary/aromatic N) is 3. The summed E-state index contributed by atoms with van der Waals surface area (Å²) < 4.78 is 37.6. The van der Waals surface area contributed by atoms with Crippen LogP contribution >= 0.6 is 46.7 Å². The van der Waals surface area contributed by atoms with Crippen molar-refractivity contribution in [3.8, 4) is 0 Å². The lowest BCUT2D eigenvalue weighted by Crippen LogP contribution is -2.37. The minimum absolute atomic E-state index is 0. The second-order valence-corrected chi connectivity index (χ2v) is 7.39. The van der Waals surface area contributed by atoms with E-state index in [0.717, 1.165) is 33.8 Å². The van der Waals surface area contributed by atoms with Gasteiger partial charge in [0.1, 0.15) is 5.01 Å². The Labute approximate surface area is 175 Å². The van der Waals surface area contributed by atoms with Crippen molar-refractivity contribution >= 4 is 52.6 Å². The van der Waals surface area contributed by atoms with Gasteiger partial charge in [0.15, 0.2) is 11.7 Å². The number of rotatable bonds is 6. The van der Waals surface area contributed by atoms with Gasteiger partial charge in [0.25, 0.3) is 0 Å². The number of aliphatic imine (C=N–C) groups is 1. The SMILES string of the molecule is CN=C(NCCc1csc(C(C)C)n1)NCc1nc(C(F)(F)F)cs1.I. The van der Waals surface area contributed by atoms with E-state index >= 15 is 0 Å². The van der Waals surface area contributed by atoms with Crippen molar-refractivity contribution < 1.29 is 13.2 Å². The first kappa shape index (κ1) is 23.1. The summed E-state index contributed by atoms with van der Waals surface area (Å²) >= 11 is 2.62. The zero-order chi connectivity index (χ0) is 18.4. The zero-order valence-electron chi connectivity index (χ0n) is 14.6. The highest BCUT2D eigenvalue weighted by molar-refractivity contribution is 14.0. The van der Waals surface area contributed by atoms with Gasteiger partial charge in [-0.15, -0.1) is 46.7 Å². The van der Waals surface area contributed by atoms with Crippen LogP contribution in [0.25, 0.3) is 0 Å². The number of hydrogen-bond acceptors (Lipinski definition) is 5. The van der Waals surface area contributed by atoms with Crippen molar-refractivity contribution in [2.24, 2.45) is 4.99 Å². The van der Waals surface area contributed by atoms with Gasteiger partial charge in [-0.05, 0) is 0 Å². The second kappa shape index (κ2) is 10.4. The third kappa shape index (κ3) is 6.99. The molecule has 5 nitrogen and oxygen atoms in total. The summed E-state index contributed by atoms with van der Waals surface area (Å²) in [5.41, 5.74) is 0.160. The summed E-state index contributed by atoms with van der Waals surface area (Å²) in [6.45, 7) is 5.03. The first-order valence-corrected chi connectivity index (χ1v) is 9.46. The number of thiazole rings is 2. The van der Waals surface area contributed by atoms with Crippen molar-refractivity contribution in [3.05, 3.63) is 32.2 Å². The fourth-order valence-electron chi connectivity index (χ4n) is 1.91. The van der Waals surface area contributed by atoms with Gasteiger partial charge in [0.05, 0.1) is 17.2 Å². The Hall–Kier alpha value is -0.950. The predicted molar refractivity (Wildman–Crippen MR) is 111 cm³/mol. The van der Waals surface area contributed by atoms with Crippen molar-refractivity contribution in [1.29, 1.82) is 0 Å². The molecule has 2 heterocycles. The van der Waals surface area contributed by atoms with Gasteiger partial charge < -0.3 is 10.6 Å². The number of hydrogen-bond donors (Lipinski definition) is 2. The average molecular weight is 519 g/mol. The van der Waals surface area contributed by atoms with E-state index in [1.54, 1.807) is 18.4 Å². The maximum atomic E-state index is 12.5. The van der Waals surface area contributed by atoms with Gasteiger partial charge in [-0.25, -0.2) is 9.97 Å². The largest absolute Gasteiger partial charge is 0.434 e. The van der Waals surface area contributed by atoms with Crippen LogP contribution in [0.2, 0.25) is 0 Å². The number of guanidine groups is 1. The van der Waals surface area contributed by atoms with Crippen molar-refractivity contribution in [2.75, 3.05) is 13.6 Å². The molecule has 0 aromatic carbocycles. The zero-order valence-corrected chi connectivity index (χ0v) is 18.5.